The van der Waals surface area contributed by atoms with E-state index in [-0.39, 0.29) is 0 Å². The van der Waals surface area contributed by atoms with E-state index in [0.29, 0.717) is 12.5 Å². The maximum absolute atomic E-state index is 5.83. The minimum absolute atomic E-state index is 0.449. The summed E-state index contributed by atoms with van der Waals surface area (Å²) in [4.78, 5) is 4.10. The monoisotopic (exact) mass is 251 g/mol. The minimum atomic E-state index is 0.449. The lowest BCUT2D eigenvalue weighted by Gasteiger charge is -2.09. The Hall–Kier alpha value is -1.71. The number of aliphatic imine (C=N–C) groups is 1. The molecule has 102 valence electrons. The molecule has 0 aromatic heterocycles. The molecule has 0 aliphatic rings. The van der Waals surface area contributed by atoms with Crippen LogP contribution in [0.3, 0.4) is 0 Å². The third-order valence-electron chi connectivity index (χ3n) is 2.16. The van der Waals surface area contributed by atoms with E-state index in [1.165, 1.54) is 0 Å². The summed E-state index contributed by atoms with van der Waals surface area (Å²) in [7, 11) is 0. The normalized spacial score (nSPS) is 13.4. The molecule has 0 saturated carbocycles. The minimum Gasteiger partial charge on any atom is -0.479 e. The second kappa shape index (κ2) is 9.33. The van der Waals surface area contributed by atoms with Gasteiger partial charge in [-0.15, -0.1) is 0 Å². The van der Waals surface area contributed by atoms with Gasteiger partial charge in [0.1, 0.15) is 0 Å². The van der Waals surface area contributed by atoms with Crippen molar-refractivity contribution in [2.45, 2.75) is 34.1 Å². The lowest BCUT2D eigenvalue weighted by atomic mass is 10.2. The number of ether oxygens (including phenoxy) is 1. The molecule has 0 rings (SSSR count). The van der Waals surface area contributed by atoms with Crippen LogP contribution in [0.25, 0.3) is 0 Å². The van der Waals surface area contributed by atoms with Crippen molar-refractivity contribution in [3.05, 3.63) is 35.4 Å². The Morgan fingerprint density at radius 3 is 2.56 bits per heavy atom. The molecule has 0 heterocycles. The summed E-state index contributed by atoms with van der Waals surface area (Å²) in [6, 6.07) is 0. The molecular formula is C14H25N3O. The SMILES string of the molecule is C=C(C)/C(=C\C(C)=C(/N)OCCC)NC=NCC. The van der Waals surface area contributed by atoms with E-state index in [4.69, 9.17) is 10.5 Å². The fraction of sp³-hybridized carbons (Fsp3) is 0.500. The molecule has 0 aliphatic heterocycles. The molecule has 0 spiro atoms. The standard InChI is InChI=1S/C14H25N3O/c1-6-8-18-14(15)12(5)9-13(11(3)4)17-10-16-7-2/h9-10H,3,6-8,15H2,1-2,4-5H3,(H,16,17)/b13-9+,14-12+. The van der Waals surface area contributed by atoms with Gasteiger partial charge in [0.15, 0.2) is 5.88 Å². The molecule has 0 aliphatic carbocycles. The quantitative estimate of drug-likeness (QED) is 0.302. The molecule has 0 atom stereocenters. The van der Waals surface area contributed by atoms with Gasteiger partial charge in [0.05, 0.1) is 12.9 Å². The van der Waals surface area contributed by atoms with E-state index >= 15 is 0 Å². The molecule has 0 saturated heterocycles. The summed E-state index contributed by atoms with van der Waals surface area (Å²) in [5.74, 6) is 0.449. The van der Waals surface area contributed by atoms with Gasteiger partial charge in [-0.1, -0.05) is 13.5 Å². The van der Waals surface area contributed by atoms with Crippen molar-refractivity contribution in [2.24, 2.45) is 10.7 Å². The Morgan fingerprint density at radius 1 is 1.39 bits per heavy atom. The van der Waals surface area contributed by atoms with Crippen LogP contribution in [0.1, 0.15) is 34.1 Å². The van der Waals surface area contributed by atoms with Crippen LogP contribution in [0.5, 0.6) is 0 Å². The van der Waals surface area contributed by atoms with E-state index < -0.39 is 0 Å². The summed E-state index contributed by atoms with van der Waals surface area (Å²) < 4.78 is 5.38. The Balaban J connectivity index is 4.82. The average Bonchev–Trinajstić information content (AvgIpc) is 2.34. The Morgan fingerprint density at radius 2 is 2.06 bits per heavy atom. The Kier molecular flexibility index (Phi) is 8.45. The number of allylic oxidation sites excluding steroid dienone is 3. The zero-order valence-corrected chi connectivity index (χ0v) is 11.9. The average molecular weight is 251 g/mol. The van der Waals surface area contributed by atoms with Crippen LogP contribution in [0.4, 0.5) is 0 Å². The topological polar surface area (TPSA) is 59.6 Å². The number of hydrogen-bond donors (Lipinski definition) is 2. The predicted molar refractivity (Wildman–Crippen MR) is 78.2 cm³/mol. The van der Waals surface area contributed by atoms with Gasteiger partial charge in [0.2, 0.25) is 0 Å². The lowest BCUT2D eigenvalue weighted by Crippen LogP contribution is -2.13. The molecular weight excluding hydrogens is 226 g/mol. The number of nitrogens with two attached hydrogens (primary N) is 1. The van der Waals surface area contributed by atoms with Gasteiger partial charge >= 0.3 is 0 Å². The van der Waals surface area contributed by atoms with E-state index in [1.54, 1.807) is 6.34 Å². The first-order chi connectivity index (χ1) is 8.52. The molecule has 0 aromatic carbocycles. The maximum atomic E-state index is 5.83. The molecule has 4 heteroatoms. The highest BCUT2D eigenvalue weighted by molar-refractivity contribution is 5.60. The van der Waals surface area contributed by atoms with Crippen LogP contribution in [0.2, 0.25) is 0 Å². The molecule has 4 nitrogen and oxygen atoms in total. The van der Waals surface area contributed by atoms with Gasteiger partial charge in [-0.25, -0.2) is 0 Å². The van der Waals surface area contributed by atoms with Crippen LogP contribution in [0, 0.1) is 0 Å². The van der Waals surface area contributed by atoms with E-state index in [1.807, 2.05) is 33.8 Å². The molecule has 0 amide bonds. The summed E-state index contributed by atoms with van der Waals surface area (Å²) in [5.41, 5.74) is 8.50. The van der Waals surface area contributed by atoms with E-state index in [0.717, 1.165) is 29.8 Å². The molecule has 18 heavy (non-hydrogen) atoms. The van der Waals surface area contributed by atoms with Gasteiger partial charge < -0.3 is 15.8 Å². The van der Waals surface area contributed by atoms with Gasteiger partial charge in [0, 0.05) is 17.8 Å². The zero-order chi connectivity index (χ0) is 14.0. The van der Waals surface area contributed by atoms with Crippen molar-refractivity contribution in [1.82, 2.24) is 5.32 Å². The van der Waals surface area contributed by atoms with Crippen LogP contribution < -0.4 is 11.1 Å². The fourth-order valence-electron chi connectivity index (χ4n) is 1.11. The molecule has 0 aromatic rings. The molecule has 3 N–H and O–H groups in total. The van der Waals surface area contributed by atoms with Crippen molar-refractivity contribution in [2.75, 3.05) is 13.2 Å². The smallest absolute Gasteiger partial charge is 0.187 e. The molecule has 0 bridgehead atoms. The largest absolute Gasteiger partial charge is 0.479 e. The van der Waals surface area contributed by atoms with Crippen molar-refractivity contribution >= 4 is 6.34 Å². The molecule has 0 unspecified atom stereocenters. The molecule has 0 fully saturated rings. The number of nitrogens with zero attached hydrogens (tertiary/aromatic N) is 1. The third-order valence-corrected chi connectivity index (χ3v) is 2.16. The molecule has 0 radical (unpaired) electrons. The van der Waals surface area contributed by atoms with Crippen LogP contribution in [0.15, 0.2) is 40.4 Å². The van der Waals surface area contributed by atoms with Crippen molar-refractivity contribution in [1.29, 1.82) is 0 Å². The van der Waals surface area contributed by atoms with Gasteiger partial charge in [-0.3, -0.25) is 4.99 Å². The van der Waals surface area contributed by atoms with Crippen LogP contribution in [-0.2, 0) is 4.74 Å². The lowest BCUT2D eigenvalue weighted by molar-refractivity contribution is 0.207. The number of hydrogen-bond acceptors (Lipinski definition) is 3. The van der Waals surface area contributed by atoms with Gasteiger partial charge in [-0.05, 0) is 38.8 Å². The van der Waals surface area contributed by atoms with Crippen LogP contribution in [-0.4, -0.2) is 19.5 Å². The second-order valence-electron chi connectivity index (χ2n) is 4.01. The van der Waals surface area contributed by atoms with E-state index in [9.17, 15) is 0 Å². The Bertz CT molecular complexity index is 354. The summed E-state index contributed by atoms with van der Waals surface area (Å²) >= 11 is 0. The van der Waals surface area contributed by atoms with Crippen molar-refractivity contribution in [3.63, 3.8) is 0 Å². The number of rotatable bonds is 8. The zero-order valence-electron chi connectivity index (χ0n) is 11.9. The van der Waals surface area contributed by atoms with Crippen molar-refractivity contribution < 1.29 is 4.74 Å². The Labute approximate surface area is 110 Å². The first kappa shape index (κ1) is 16.3. The summed E-state index contributed by atoms with van der Waals surface area (Å²) in [5, 5.41) is 3.09. The maximum Gasteiger partial charge on any atom is 0.187 e. The van der Waals surface area contributed by atoms with Crippen LogP contribution >= 0.6 is 0 Å². The first-order valence-electron chi connectivity index (χ1n) is 6.24. The highest BCUT2D eigenvalue weighted by atomic mass is 16.5. The second-order valence-corrected chi connectivity index (χ2v) is 4.01. The van der Waals surface area contributed by atoms with Gasteiger partial charge in [0.25, 0.3) is 0 Å². The fourth-order valence-corrected chi connectivity index (χ4v) is 1.11. The van der Waals surface area contributed by atoms with E-state index in [2.05, 4.69) is 16.9 Å². The highest BCUT2D eigenvalue weighted by Crippen LogP contribution is 2.09. The highest BCUT2D eigenvalue weighted by Gasteiger charge is 2.00. The summed E-state index contributed by atoms with van der Waals surface area (Å²) in [6.45, 7) is 13.1. The number of nitrogens with one attached hydrogen (secondary N) is 1. The third kappa shape index (κ3) is 6.78. The van der Waals surface area contributed by atoms with Gasteiger partial charge in [-0.2, -0.15) is 0 Å². The first-order valence-corrected chi connectivity index (χ1v) is 6.24. The summed E-state index contributed by atoms with van der Waals surface area (Å²) in [6.07, 6.45) is 4.51. The van der Waals surface area contributed by atoms with Crippen molar-refractivity contribution in [3.8, 4) is 0 Å². The predicted octanol–water partition coefficient (Wildman–Crippen LogP) is 2.70.